The third-order valence-corrected chi connectivity index (χ3v) is 7.06. The van der Waals surface area contributed by atoms with E-state index in [1.165, 1.54) is 11.6 Å². The van der Waals surface area contributed by atoms with Crippen molar-refractivity contribution in [1.82, 2.24) is 13.7 Å². The van der Waals surface area contributed by atoms with Gasteiger partial charge in [-0.2, -0.15) is 0 Å². The lowest BCUT2D eigenvalue weighted by Crippen LogP contribution is -2.40. The molecule has 0 N–H and O–H groups in total. The third kappa shape index (κ3) is 3.87. The van der Waals surface area contributed by atoms with Gasteiger partial charge in [0.15, 0.2) is 11.5 Å². The lowest BCUT2D eigenvalue weighted by Gasteiger charge is -2.39. The summed E-state index contributed by atoms with van der Waals surface area (Å²) >= 11 is 0. The Balaban J connectivity index is 1.88. The molecule has 37 heavy (non-hydrogen) atoms. The maximum atomic E-state index is 13.7. The molecule has 0 amide bonds. The maximum absolute atomic E-state index is 13.7. The molecule has 2 aromatic heterocycles. The van der Waals surface area contributed by atoms with Crippen molar-refractivity contribution in [2.75, 3.05) is 20.3 Å². The van der Waals surface area contributed by atoms with Crippen molar-refractivity contribution in [3.8, 4) is 22.8 Å². The van der Waals surface area contributed by atoms with Gasteiger partial charge in [-0.1, -0.05) is 43.3 Å². The number of aromatic nitrogens is 3. The fourth-order valence-electron chi connectivity index (χ4n) is 5.30. The largest absolute Gasteiger partial charge is 0.493 e. The van der Waals surface area contributed by atoms with Gasteiger partial charge in [-0.3, -0.25) is 13.9 Å². The predicted molar refractivity (Wildman–Crippen MR) is 144 cm³/mol. The van der Waals surface area contributed by atoms with Crippen molar-refractivity contribution < 1.29 is 14.2 Å². The first-order chi connectivity index (χ1) is 17.7. The Morgan fingerprint density at radius 1 is 1.03 bits per heavy atom. The highest BCUT2D eigenvalue weighted by Crippen LogP contribution is 2.46. The monoisotopic (exact) mass is 503 g/mol. The van der Waals surface area contributed by atoms with Crippen molar-refractivity contribution >= 4 is 10.9 Å². The fourth-order valence-corrected chi connectivity index (χ4v) is 5.30. The minimum absolute atomic E-state index is 0.325. The summed E-state index contributed by atoms with van der Waals surface area (Å²) in [4.78, 5) is 26.8. The number of methoxy groups -OCH3 is 1. The number of nitrogens with zero attached hydrogens (tertiary/aromatic N) is 3. The molecule has 0 fully saturated rings. The Kier molecular flexibility index (Phi) is 6.23. The lowest BCUT2D eigenvalue weighted by atomic mass is 9.97. The van der Waals surface area contributed by atoms with Crippen molar-refractivity contribution in [1.29, 1.82) is 0 Å². The lowest BCUT2D eigenvalue weighted by molar-refractivity contribution is -0.00716. The number of fused-ring (bicyclic) bond motifs is 3. The number of benzene rings is 2. The molecular formula is C29H33N3O5. The molecule has 4 aromatic rings. The van der Waals surface area contributed by atoms with Gasteiger partial charge in [0, 0.05) is 14.1 Å². The van der Waals surface area contributed by atoms with E-state index in [0.717, 1.165) is 28.9 Å². The quantitative estimate of drug-likeness (QED) is 0.391. The molecule has 0 bridgehead atoms. The van der Waals surface area contributed by atoms with Crippen LogP contribution in [0.5, 0.6) is 11.5 Å². The molecule has 0 unspecified atom stereocenters. The van der Waals surface area contributed by atoms with Gasteiger partial charge < -0.3 is 18.8 Å². The predicted octanol–water partition coefficient (Wildman–Crippen LogP) is 4.36. The Bertz CT molecular complexity index is 1590. The van der Waals surface area contributed by atoms with Crippen LogP contribution in [0.15, 0.2) is 58.1 Å². The molecule has 194 valence electrons. The summed E-state index contributed by atoms with van der Waals surface area (Å²) in [6.07, 6.45) is 0.357. The van der Waals surface area contributed by atoms with Crippen LogP contribution in [0, 0.1) is 0 Å². The Morgan fingerprint density at radius 2 is 1.76 bits per heavy atom. The summed E-state index contributed by atoms with van der Waals surface area (Å²) in [7, 11) is 4.84. The average molecular weight is 504 g/mol. The highest BCUT2D eigenvalue weighted by atomic mass is 16.5. The zero-order valence-corrected chi connectivity index (χ0v) is 22.2. The van der Waals surface area contributed by atoms with Crippen LogP contribution in [0.25, 0.3) is 22.2 Å². The molecule has 1 aliphatic heterocycles. The molecule has 0 aliphatic carbocycles. The molecule has 2 aromatic carbocycles. The van der Waals surface area contributed by atoms with E-state index >= 15 is 0 Å². The van der Waals surface area contributed by atoms with Crippen LogP contribution in [-0.4, -0.2) is 34.0 Å². The summed E-state index contributed by atoms with van der Waals surface area (Å²) in [5.41, 5.74) is 2.71. The Hall–Kier alpha value is -3.78. The van der Waals surface area contributed by atoms with Gasteiger partial charge in [0.25, 0.3) is 5.56 Å². The van der Waals surface area contributed by atoms with Gasteiger partial charge in [0.1, 0.15) is 6.10 Å². The van der Waals surface area contributed by atoms with Crippen molar-refractivity contribution in [3.05, 3.63) is 80.6 Å². The van der Waals surface area contributed by atoms with Gasteiger partial charge >= 0.3 is 5.69 Å². The van der Waals surface area contributed by atoms with Crippen LogP contribution in [0.2, 0.25) is 0 Å². The molecule has 1 aliphatic rings. The van der Waals surface area contributed by atoms with E-state index in [-0.39, 0.29) is 11.2 Å². The molecule has 0 radical (unpaired) electrons. The highest BCUT2D eigenvalue weighted by Gasteiger charge is 2.40. The highest BCUT2D eigenvalue weighted by molar-refractivity contribution is 5.96. The molecule has 8 nitrogen and oxygen atoms in total. The van der Waals surface area contributed by atoms with Crippen LogP contribution >= 0.6 is 0 Å². The number of aryl methyl sites for hydroxylation is 1. The van der Waals surface area contributed by atoms with Crippen LogP contribution in [0.1, 0.15) is 44.6 Å². The molecule has 5 rings (SSSR count). The first-order valence-corrected chi connectivity index (χ1v) is 12.5. The maximum Gasteiger partial charge on any atom is 0.331 e. The molecule has 3 heterocycles. The van der Waals surface area contributed by atoms with E-state index in [9.17, 15) is 9.59 Å². The molecule has 1 atom stereocenters. The van der Waals surface area contributed by atoms with Crippen molar-refractivity contribution in [3.63, 3.8) is 0 Å². The van der Waals surface area contributed by atoms with Gasteiger partial charge in [0.05, 0.1) is 48.2 Å². The summed E-state index contributed by atoms with van der Waals surface area (Å²) < 4.78 is 22.9. The van der Waals surface area contributed by atoms with Gasteiger partial charge in [-0.15, -0.1) is 0 Å². The topological polar surface area (TPSA) is 76.6 Å². The average Bonchev–Trinajstić information content (AvgIpc) is 3.28. The molecule has 0 saturated carbocycles. The van der Waals surface area contributed by atoms with Gasteiger partial charge in [0.2, 0.25) is 0 Å². The standard InChI is InChI=1S/C29H33N3O5/c1-7-15-36-20-14-13-19(16-21(20)35-6)26-25-24-22(27(33)31(5)28(34)30(24)4)23(18-11-9-8-10-12-18)32(25)29(2,3)17-37-26/h8-14,16,26H,7,15,17H2,1-6H3/t26-/m1/s1. The zero-order chi connectivity index (χ0) is 26.5. The van der Waals surface area contributed by atoms with E-state index < -0.39 is 11.6 Å². The fraction of sp³-hybridized carbons (Fsp3) is 0.379. The minimum atomic E-state index is -0.528. The molecule has 0 spiro atoms. The second-order valence-corrected chi connectivity index (χ2v) is 10.1. The summed E-state index contributed by atoms with van der Waals surface area (Å²) in [6.45, 7) is 7.22. The van der Waals surface area contributed by atoms with Crippen molar-refractivity contribution in [2.45, 2.75) is 38.8 Å². The number of hydrogen-bond donors (Lipinski definition) is 0. The molecule has 8 heteroatoms. The number of ether oxygens (including phenoxy) is 3. The Labute approximate surface area is 215 Å². The van der Waals surface area contributed by atoms with Crippen molar-refractivity contribution in [2.24, 2.45) is 14.1 Å². The summed E-state index contributed by atoms with van der Waals surface area (Å²) in [5, 5.41) is 0.504. The van der Waals surface area contributed by atoms with E-state index in [1.54, 1.807) is 18.7 Å². The van der Waals surface area contributed by atoms with Crippen LogP contribution < -0.4 is 20.7 Å². The number of hydrogen-bond acceptors (Lipinski definition) is 5. The van der Waals surface area contributed by atoms with Crippen LogP contribution in [0.4, 0.5) is 0 Å². The molecular weight excluding hydrogens is 470 g/mol. The summed E-state index contributed by atoms with van der Waals surface area (Å²) in [5.74, 6) is 1.27. The Morgan fingerprint density at radius 3 is 2.43 bits per heavy atom. The first kappa shape index (κ1) is 24.9. The minimum Gasteiger partial charge on any atom is -0.493 e. The van der Waals surface area contributed by atoms with Gasteiger partial charge in [-0.05, 0) is 43.5 Å². The van der Waals surface area contributed by atoms with E-state index in [4.69, 9.17) is 14.2 Å². The third-order valence-electron chi connectivity index (χ3n) is 7.06. The number of rotatable bonds is 6. The summed E-state index contributed by atoms with van der Waals surface area (Å²) in [6, 6.07) is 15.6. The molecule has 0 saturated heterocycles. The van der Waals surface area contributed by atoms with E-state index in [0.29, 0.717) is 35.6 Å². The van der Waals surface area contributed by atoms with Crippen LogP contribution in [-0.2, 0) is 24.4 Å². The second-order valence-electron chi connectivity index (χ2n) is 10.1. The van der Waals surface area contributed by atoms with E-state index in [2.05, 4.69) is 25.3 Å². The SMILES string of the molecule is CCCOc1ccc([C@H]2OCC(C)(C)n3c(-c4ccccc4)c4c(=O)n(C)c(=O)n(C)c4c32)cc1OC. The second kappa shape index (κ2) is 9.27. The van der Waals surface area contributed by atoms with Gasteiger partial charge in [-0.25, -0.2) is 4.79 Å². The smallest absolute Gasteiger partial charge is 0.331 e. The normalized spacial score (nSPS) is 16.5. The van der Waals surface area contributed by atoms with Crippen LogP contribution in [0.3, 0.4) is 0 Å². The first-order valence-electron chi connectivity index (χ1n) is 12.5. The van der Waals surface area contributed by atoms with E-state index in [1.807, 2.05) is 48.5 Å². The zero-order valence-electron chi connectivity index (χ0n) is 22.2.